The molecule has 2 N–H and O–H groups in total. The number of hydrogen-bond acceptors (Lipinski definition) is 2. The molecule has 0 spiro atoms. The van der Waals surface area contributed by atoms with Gasteiger partial charge in [0.1, 0.15) is 0 Å². The first-order valence-corrected chi connectivity index (χ1v) is 9.00. The van der Waals surface area contributed by atoms with Gasteiger partial charge in [0.2, 0.25) is 0 Å². The number of alkyl halides is 1. The second-order valence-corrected chi connectivity index (χ2v) is 7.32. The minimum Gasteiger partial charge on any atom is -0.481 e. The van der Waals surface area contributed by atoms with Gasteiger partial charge in [0.05, 0.1) is 16.0 Å². The maximum Gasteiger partial charge on any atom is 0.333 e. The Morgan fingerprint density at radius 3 is 2.25 bits per heavy atom. The van der Waals surface area contributed by atoms with Crippen LogP contribution in [0.5, 0.6) is 0 Å². The summed E-state index contributed by atoms with van der Waals surface area (Å²) in [6, 6.07) is 6.46. The zero-order valence-corrected chi connectivity index (χ0v) is 15.8. The summed E-state index contributed by atoms with van der Waals surface area (Å²) in [4.78, 5) is 23.9. The minimum absolute atomic E-state index is 0.0978. The smallest absolute Gasteiger partial charge is 0.333 e. The largest absolute Gasteiger partial charge is 0.481 e. The van der Waals surface area contributed by atoms with Gasteiger partial charge >= 0.3 is 11.9 Å². The first kappa shape index (κ1) is 19.0. The lowest BCUT2D eigenvalue weighted by atomic mass is 9.65. The fourth-order valence-corrected chi connectivity index (χ4v) is 3.85. The first-order chi connectivity index (χ1) is 11.2. The molecule has 0 amide bonds. The molecule has 2 unspecified atom stereocenters. The molecule has 0 saturated carbocycles. The highest BCUT2D eigenvalue weighted by Gasteiger charge is 2.48. The number of halogens is 3. The van der Waals surface area contributed by atoms with Gasteiger partial charge in [0, 0.05) is 16.3 Å². The Morgan fingerprint density at radius 2 is 1.79 bits per heavy atom. The molecule has 0 aromatic heterocycles. The van der Waals surface area contributed by atoms with E-state index in [0.29, 0.717) is 27.9 Å². The number of rotatable bonds is 5. The molecule has 24 heavy (non-hydrogen) atoms. The zero-order valence-electron chi connectivity index (χ0n) is 12.7. The van der Waals surface area contributed by atoms with Crippen LogP contribution in [-0.4, -0.2) is 27.5 Å². The number of hydrogen-bond donors (Lipinski definition) is 2. The fraction of sp³-hybridized carbons (Fsp3) is 0.294. The third-order valence-corrected chi connectivity index (χ3v) is 5.23. The molecule has 2 rings (SSSR count). The second-order valence-electron chi connectivity index (χ2n) is 5.71. The zero-order chi connectivity index (χ0) is 18.1. The van der Waals surface area contributed by atoms with E-state index in [4.69, 9.17) is 23.2 Å². The molecule has 0 saturated heterocycles. The maximum atomic E-state index is 12.0. The molecule has 4 nitrogen and oxygen atoms in total. The van der Waals surface area contributed by atoms with Crippen LogP contribution in [0.15, 0.2) is 46.5 Å². The summed E-state index contributed by atoms with van der Waals surface area (Å²) in [7, 11) is 0. The van der Waals surface area contributed by atoms with E-state index in [-0.39, 0.29) is 10.6 Å². The summed E-state index contributed by atoms with van der Waals surface area (Å²) in [6.45, 7) is 1.51. The molecule has 1 aliphatic rings. The van der Waals surface area contributed by atoms with Crippen molar-refractivity contribution in [3.8, 4) is 0 Å². The molecule has 128 valence electrons. The lowest BCUT2D eigenvalue weighted by molar-refractivity contribution is -0.146. The number of aliphatic carboxylic acids is 2. The highest BCUT2D eigenvalue weighted by molar-refractivity contribution is 9.09. The average Bonchev–Trinajstić information content (AvgIpc) is 2.51. The van der Waals surface area contributed by atoms with Crippen LogP contribution < -0.4 is 0 Å². The van der Waals surface area contributed by atoms with E-state index in [0.717, 1.165) is 0 Å². The molecule has 0 heterocycles. The number of carboxylic acid groups (broad SMARTS) is 2. The Labute approximate surface area is 157 Å². The van der Waals surface area contributed by atoms with E-state index in [2.05, 4.69) is 15.9 Å². The monoisotopic (exact) mass is 432 g/mol. The summed E-state index contributed by atoms with van der Waals surface area (Å²) in [6.07, 6.45) is 2.00. The van der Waals surface area contributed by atoms with Crippen LogP contribution in [0.2, 0.25) is 5.02 Å². The highest BCUT2D eigenvalue weighted by atomic mass is 79.9. The van der Waals surface area contributed by atoms with E-state index in [1.165, 1.54) is 6.92 Å². The average molecular weight is 434 g/mol. The van der Waals surface area contributed by atoms with Crippen molar-refractivity contribution in [2.24, 2.45) is 5.41 Å². The quantitative estimate of drug-likeness (QED) is 0.653. The van der Waals surface area contributed by atoms with Crippen LogP contribution in [0.1, 0.15) is 24.8 Å². The van der Waals surface area contributed by atoms with Crippen molar-refractivity contribution < 1.29 is 19.8 Å². The summed E-state index contributed by atoms with van der Waals surface area (Å²) < 4.78 is 0. The summed E-state index contributed by atoms with van der Waals surface area (Å²) in [5, 5.41) is 20.6. The Bertz CT molecular complexity index is 739. The predicted octanol–water partition coefficient (Wildman–Crippen LogP) is 4.82. The van der Waals surface area contributed by atoms with E-state index < -0.39 is 23.3 Å². The molecular formula is C17H15BrCl2O4. The standard InChI is InChI=1S/C17H15BrCl2O4/c1-17(16(23)24)8-10(6-7-18)14(20)12(15(21)22)13(17)9-2-4-11(19)5-3-9/h2-5,8,13H,6-7H2,1H3,(H,21,22)(H,23,24). The van der Waals surface area contributed by atoms with Crippen LogP contribution in [-0.2, 0) is 9.59 Å². The van der Waals surface area contributed by atoms with Crippen LogP contribution >= 0.6 is 39.1 Å². The number of carboxylic acids is 2. The second kappa shape index (κ2) is 7.30. The van der Waals surface area contributed by atoms with Gasteiger partial charge in [0.25, 0.3) is 0 Å². The minimum atomic E-state index is -1.43. The van der Waals surface area contributed by atoms with Crippen molar-refractivity contribution in [3.63, 3.8) is 0 Å². The van der Waals surface area contributed by atoms with E-state index in [9.17, 15) is 19.8 Å². The van der Waals surface area contributed by atoms with Crippen molar-refractivity contribution in [2.75, 3.05) is 5.33 Å². The van der Waals surface area contributed by atoms with Crippen molar-refractivity contribution in [1.29, 1.82) is 0 Å². The van der Waals surface area contributed by atoms with E-state index in [1.54, 1.807) is 30.3 Å². The van der Waals surface area contributed by atoms with Gasteiger partial charge < -0.3 is 10.2 Å². The van der Waals surface area contributed by atoms with Crippen molar-refractivity contribution in [1.82, 2.24) is 0 Å². The summed E-state index contributed by atoms with van der Waals surface area (Å²) >= 11 is 15.5. The van der Waals surface area contributed by atoms with Crippen LogP contribution in [0, 0.1) is 5.41 Å². The van der Waals surface area contributed by atoms with Gasteiger partial charge in [-0.3, -0.25) is 4.79 Å². The van der Waals surface area contributed by atoms with E-state index in [1.807, 2.05) is 0 Å². The molecule has 0 fully saturated rings. The van der Waals surface area contributed by atoms with Crippen molar-refractivity contribution in [3.05, 3.63) is 57.1 Å². The predicted molar refractivity (Wildman–Crippen MR) is 96.9 cm³/mol. The van der Waals surface area contributed by atoms with Gasteiger partial charge in [-0.25, -0.2) is 4.79 Å². The molecule has 1 aliphatic carbocycles. The van der Waals surface area contributed by atoms with Crippen LogP contribution in [0.4, 0.5) is 0 Å². The number of carbonyl (C=O) groups is 2. The molecule has 2 atom stereocenters. The molecule has 1 aromatic carbocycles. The van der Waals surface area contributed by atoms with Crippen molar-refractivity contribution in [2.45, 2.75) is 19.3 Å². The van der Waals surface area contributed by atoms with Crippen molar-refractivity contribution >= 4 is 51.1 Å². The Morgan fingerprint density at radius 1 is 1.21 bits per heavy atom. The first-order valence-electron chi connectivity index (χ1n) is 7.12. The summed E-state index contributed by atoms with van der Waals surface area (Å²) in [5.74, 6) is -3.26. The van der Waals surface area contributed by atoms with Gasteiger partial charge in [-0.1, -0.05) is 57.3 Å². The molecule has 0 aliphatic heterocycles. The topological polar surface area (TPSA) is 74.6 Å². The third-order valence-electron chi connectivity index (χ3n) is 4.14. The molecular weight excluding hydrogens is 419 g/mol. The Balaban J connectivity index is 2.74. The molecule has 0 radical (unpaired) electrons. The van der Waals surface area contributed by atoms with Gasteiger partial charge in [0.15, 0.2) is 0 Å². The number of benzene rings is 1. The molecule has 1 aromatic rings. The molecule has 0 bridgehead atoms. The van der Waals surface area contributed by atoms with Crippen LogP contribution in [0.3, 0.4) is 0 Å². The Hall–Kier alpha value is -1.30. The summed E-state index contributed by atoms with van der Waals surface area (Å²) in [5.41, 5.74) is -0.491. The number of allylic oxidation sites excluding steroid dienone is 2. The van der Waals surface area contributed by atoms with Crippen LogP contribution in [0.25, 0.3) is 0 Å². The third kappa shape index (κ3) is 3.39. The SMILES string of the molecule is CC1(C(=O)O)C=C(CCBr)C(Cl)=C(C(=O)O)C1c1ccc(Cl)cc1. The lowest BCUT2D eigenvalue weighted by Gasteiger charge is -2.37. The normalized spacial score (nSPS) is 23.8. The van der Waals surface area contributed by atoms with Gasteiger partial charge in [-0.05, 0) is 36.6 Å². The Kier molecular flexibility index (Phi) is 5.78. The highest BCUT2D eigenvalue weighted by Crippen LogP contribution is 2.50. The maximum absolute atomic E-state index is 12.0. The lowest BCUT2D eigenvalue weighted by Crippen LogP contribution is -2.38. The van der Waals surface area contributed by atoms with E-state index >= 15 is 0 Å². The fourth-order valence-electron chi connectivity index (χ4n) is 2.96. The molecule has 7 heteroatoms. The van der Waals surface area contributed by atoms with Gasteiger partial charge in [-0.15, -0.1) is 0 Å². The van der Waals surface area contributed by atoms with Gasteiger partial charge in [-0.2, -0.15) is 0 Å².